The molecule has 0 amide bonds. The highest BCUT2D eigenvalue weighted by molar-refractivity contribution is 5.55. The van der Waals surface area contributed by atoms with Crippen molar-refractivity contribution in [2.24, 2.45) is 5.92 Å². The Hall–Kier alpha value is -1.06. The summed E-state index contributed by atoms with van der Waals surface area (Å²) in [6, 6.07) is 7.15. The van der Waals surface area contributed by atoms with E-state index in [4.69, 9.17) is 0 Å². The van der Waals surface area contributed by atoms with Crippen molar-refractivity contribution in [2.45, 2.75) is 38.8 Å². The topological polar surface area (TPSA) is 26.7 Å². The van der Waals surface area contributed by atoms with Gasteiger partial charge >= 0.3 is 0 Å². The summed E-state index contributed by atoms with van der Waals surface area (Å²) in [5, 5.41) is 9.23. The van der Waals surface area contributed by atoms with E-state index < -0.39 is 0 Å². The van der Waals surface area contributed by atoms with Crippen molar-refractivity contribution in [2.75, 3.05) is 31.6 Å². The fourth-order valence-corrected chi connectivity index (χ4v) is 4.04. The summed E-state index contributed by atoms with van der Waals surface area (Å²) in [4.78, 5) is 5.12. The Bertz CT molecular complexity index is 474. The first-order chi connectivity index (χ1) is 9.69. The van der Waals surface area contributed by atoms with E-state index in [0.717, 1.165) is 24.1 Å². The normalized spacial score (nSPS) is 27.4. The Labute approximate surface area is 122 Å². The van der Waals surface area contributed by atoms with Crippen LogP contribution in [0, 0.1) is 12.8 Å². The molecular weight excluding hydrogens is 248 g/mol. The van der Waals surface area contributed by atoms with Gasteiger partial charge in [-0.3, -0.25) is 0 Å². The molecule has 1 N–H and O–H groups in total. The minimum Gasteiger partial charge on any atom is -0.392 e. The van der Waals surface area contributed by atoms with Crippen molar-refractivity contribution in [3.05, 3.63) is 29.3 Å². The van der Waals surface area contributed by atoms with Crippen LogP contribution >= 0.6 is 0 Å². The Kier molecular flexibility index (Phi) is 3.99. The lowest BCUT2D eigenvalue weighted by Gasteiger charge is -2.47. The molecule has 0 aliphatic carbocycles. The molecule has 0 spiro atoms. The highest BCUT2D eigenvalue weighted by Gasteiger charge is 2.34. The van der Waals surface area contributed by atoms with Crippen LogP contribution in [-0.4, -0.2) is 42.7 Å². The zero-order chi connectivity index (χ0) is 14.1. The number of hydrogen-bond acceptors (Lipinski definition) is 3. The number of aliphatic hydroxyl groups excluding tert-OH is 1. The van der Waals surface area contributed by atoms with Crippen LogP contribution in [-0.2, 0) is 6.61 Å². The van der Waals surface area contributed by atoms with Gasteiger partial charge in [-0.15, -0.1) is 0 Å². The van der Waals surface area contributed by atoms with E-state index >= 15 is 0 Å². The van der Waals surface area contributed by atoms with Gasteiger partial charge in [-0.1, -0.05) is 12.1 Å². The lowest BCUT2D eigenvalue weighted by Crippen LogP contribution is -2.52. The van der Waals surface area contributed by atoms with Gasteiger partial charge in [0, 0.05) is 24.8 Å². The predicted octanol–water partition coefficient (Wildman–Crippen LogP) is 2.41. The smallest absolute Gasteiger partial charge is 0.0681 e. The number of rotatable bonds is 2. The van der Waals surface area contributed by atoms with Gasteiger partial charge in [0.2, 0.25) is 0 Å². The summed E-state index contributed by atoms with van der Waals surface area (Å²) in [7, 11) is 2.29. The number of aryl methyl sites for hydroxylation is 1. The van der Waals surface area contributed by atoms with Gasteiger partial charge in [0.25, 0.3) is 0 Å². The zero-order valence-corrected chi connectivity index (χ0v) is 12.7. The Morgan fingerprint density at radius 2 is 2.10 bits per heavy atom. The predicted molar refractivity (Wildman–Crippen MR) is 83.1 cm³/mol. The average Bonchev–Trinajstić information content (AvgIpc) is 2.47. The maximum Gasteiger partial charge on any atom is 0.0681 e. The first kappa shape index (κ1) is 13.9. The summed E-state index contributed by atoms with van der Waals surface area (Å²) < 4.78 is 0. The minimum atomic E-state index is 0.136. The SMILES string of the molecule is Cc1cc(CO)ccc1N1CCC2C(CCCN2C)C1. The minimum absolute atomic E-state index is 0.136. The van der Waals surface area contributed by atoms with Crippen LogP contribution in [0.4, 0.5) is 5.69 Å². The first-order valence-electron chi connectivity index (χ1n) is 7.84. The lowest BCUT2D eigenvalue weighted by atomic mass is 9.84. The van der Waals surface area contributed by atoms with Gasteiger partial charge in [0.15, 0.2) is 0 Å². The molecule has 0 bridgehead atoms. The molecule has 1 aromatic rings. The van der Waals surface area contributed by atoms with E-state index in [2.05, 4.69) is 42.0 Å². The van der Waals surface area contributed by atoms with Crippen LogP contribution < -0.4 is 4.90 Å². The second-order valence-electron chi connectivity index (χ2n) is 6.46. The van der Waals surface area contributed by atoms with Crippen molar-refractivity contribution in [1.29, 1.82) is 0 Å². The molecule has 2 aliphatic heterocycles. The van der Waals surface area contributed by atoms with E-state index in [0.29, 0.717) is 0 Å². The summed E-state index contributed by atoms with van der Waals surface area (Å²) in [5.74, 6) is 0.819. The maximum absolute atomic E-state index is 9.23. The second-order valence-corrected chi connectivity index (χ2v) is 6.46. The third-order valence-electron chi connectivity index (χ3n) is 5.13. The molecule has 2 heterocycles. The number of aliphatic hydroxyl groups is 1. The van der Waals surface area contributed by atoms with Crippen molar-refractivity contribution in [3.63, 3.8) is 0 Å². The molecule has 110 valence electrons. The third kappa shape index (κ3) is 2.57. The van der Waals surface area contributed by atoms with Gasteiger partial charge in [0.1, 0.15) is 0 Å². The van der Waals surface area contributed by atoms with Crippen LogP contribution in [0.3, 0.4) is 0 Å². The zero-order valence-electron chi connectivity index (χ0n) is 12.7. The molecule has 0 radical (unpaired) electrons. The number of likely N-dealkylation sites (tertiary alicyclic amines) is 1. The molecule has 0 saturated carbocycles. The third-order valence-corrected chi connectivity index (χ3v) is 5.13. The molecule has 3 rings (SSSR count). The number of benzene rings is 1. The van der Waals surface area contributed by atoms with E-state index in [9.17, 15) is 5.11 Å². The Morgan fingerprint density at radius 1 is 1.25 bits per heavy atom. The van der Waals surface area contributed by atoms with E-state index in [1.54, 1.807) is 0 Å². The maximum atomic E-state index is 9.23. The van der Waals surface area contributed by atoms with Gasteiger partial charge in [-0.05, 0) is 62.9 Å². The van der Waals surface area contributed by atoms with Crippen LogP contribution in [0.25, 0.3) is 0 Å². The molecule has 3 nitrogen and oxygen atoms in total. The van der Waals surface area contributed by atoms with Crippen LogP contribution in [0.2, 0.25) is 0 Å². The summed E-state index contributed by atoms with van der Waals surface area (Å²) in [6.07, 6.45) is 4.00. The van der Waals surface area contributed by atoms with E-state index in [-0.39, 0.29) is 6.61 Å². The quantitative estimate of drug-likeness (QED) is 0.897. The highest BCUT2D eigenvalue weighted by Crippen LogP contribution is 2.33. The largest absolute Gasteiger partial charge is 0.392 e. The molecule has 0 aromatic heterocycles. The van der Waals surface area contributed by atoms with Crippen molar-refractivity contribution in [1.82, 2.24) is 4.90 Å². The standard InChI is InChI=1S/C17H26N2O/c1-13-10-14(12-20)5-6-16(13)19-9-7-17-15(11-19)4-3-8-18(17)2/h5-6,10,15,17,20H,3-4,7-9,11-12H2,1-2H3. The van der Waals surface area contributed by atoms with Gasteiger partial charge < -0.3 is 14.9 Å². The monoisotopic (exact) mass is 274 g/mol. The molecule has 20 heavy (non-hydrogen) atoms. The van der Waals surface area contributed by atoms with Crippen LogP contribution in [0.15, 0.2) is 18.2 Å². The van der Waals surface area contributed by atoms with Gasteiger partial charge in [-0.25, -0.2) is 0 Å². The van der Waals surface area contributed by atoms with Crippen molar-refractivity contribution >= 4 is 5.69 Å². The molecule has 2 aliphatic rings. The molecule has 3 heteroatoms. The van der Waals surface area contributed by atoms with Gasteiger partial charge in [-0.2, -0.15) is 0 Å². The van der Waals surface area contributed by atoms with E-state index in [1.807, 2.05) is 0 Å². The van der Waals surface area contributed by atoms with Crippen LogP contribution in [0.5, 0.6) is 0 Å². The molecular formula is C17H26N2O. The number of nitrogens with zero attached hydrogens (tertiary/aromatic N) is 2. The highest BCUT2D eigenvalue weighted by atomic mass is 16.3. The summed E-state index contributed by atoms with van der Waals surface area (Å²) >= 11 is 0. The van der Waals surface area contributed by atoms with Crippen molar-refractivity contribution < 1.29 is 5.11 Å². The number of fused-ring (bicyclic) bond motifs is 1. The first-order valence-corrected chi connectivity index (χ1v) is 7.84. The summed E-state index contributed by atoms with van der Waals surface area (Å²) in [6.45, 7) is 5.91. The Balaban J connectivity index is 1.76. The van der Waals surface area contributed by atoms with E-state index in [1.165, 1.54) is 43.6 Å². The van der Waals surface area contributed by atoms with Gasteiger partial charge in [0.05, 0.1) is 6.61 Å². The fraction of sp³-hybridized carbons (Fsp3) is 0.647. The number of piperidine rings is 2. The molecule has 2 saturated heterocycles. The number of anilines is 1. The molecule has 2 atom stereocenters. The molecule has 1 aromatic carbocycles. The molecule has 2 unspecified atom stereocenters. The second kappa shape index (κ2) is 5.74. The summed E-state index contributed by atoms with van der Waals surface area (Å²) in [5.41, 5.74) is 3.66. The fourth-order valence-electron chi connectivity index (χ4n) is 4.04. The lowest BCUT2D eigenvalue weighted by molar-refractivity contribution is 0.102. The van der Waals surface area contributed by atoms with Crippen molar-refractivity contribution in [3.8, 4) is 0 Å². The average molecular weight is 274 g/mol. The number of hydrogen-bond donors (Lipinski definition) is 1. The Morgan fingerprint density at radius 3 is 2.85 bits per heavy atom. The van der Waals surface area contributed by atoms with Crippen LogP contribution in [0.1, 0.15) is 30.4 Å². The molecule has 2 fully saturated rings.